The quantitative estimate of drug-likeness (QED) is 0.755. The van der Waals surface area contributed by atoms with Gasteiger partial charge in [-0.2, -0.15) is 10.4 Å². The molecule has 0 aliphatic heterocycles. The molecule has 1 N–H and O–H groups in total. The van der Waals surface area contributed by atoms with Crippen LogP contribution in [0.1, 0.15) is 23.8 Å². The molecule has 0 aromatic carbocycles. The van der Waals surface area contributed by atoms with Gasteiger partial charge in [-0.25, -0.2) is 0 Å². The van der Waals surface area contributed by atoms with Gasteiger partial charge in [-0.15, -0.1) is 0 Å². The SMILES string of the molecule is CC(CC#N)NC(=O)c1ccn(C)n1. The summed E-state index contributed by atoms with van der Waals surface area (Å²) < 4.78 is 1.56. The molecule has 0 radical (unpaired) electrons. The molecule has 1 rings (SSSR count). The number of nitrogens with zero attached hydrogens (tertiary/aromatic N) is 3. The van der Waals surface area contributed by atoms with Crippen molar-refractivity contribution in [1.29, 1.82) is 5.26 Å². The number of carbonyl (C=O) groups is 1. The van der Waals surface area contributed by atoms with E-state index in [0.29, 0.717) is 12.1 Å². The topological polar surface area (TPSA) is 70.7 Å². The standard InChI is InChI=1S/C9H12N4O/c1-7(3-5-10)11-9(14)8-4-6-13(2)12-8/h4,6-7H,3H2,1-2H3,(H,11,14). The predicted molar refractivity (Wildman–Crippen MR) is 50.4 cm³/mol. The van der Waals surface area contributed by atoms with E-state index in [-0.39, 0.29) is 11.9 Å². The maximum Gasteiger partial charge on any atom is 0.272 e. The number of rotatable bonds is 3. The number of hydrogen-bond acceptors (Lipinski definition) is 3. The summed E-state index contributed by atoms with van der Waals surface area (Å²) in [4.78, 5) is 11.4. The van der Waals surface area contributed by atoms with Gasteiger partial charge in [0.05, 0.1) is 12.5 Å². The first-order valence-electron chi connectivity index (χ1n) is 4.31. The molecule has 1 heterocycles. The molecule has 1 unspecified atom stereocenters. The zero-order valence-electron chi connectivity index (χ0n) is 8.19. The van der Waals surface area contributed by atoms with Crippen LogP contribution in [0.4, 0.5) is 0 Å². The van der Waals surface area contributed by atoms with Gasteiger partial charge in [0, 0.05) is 19.3 Å². The normalized spacial score (nSPS) is 11.8. The Kier molecular flexibility index (Phi) is 3.24. The van der Waals surface area contributed by atoms with Gasteiger partial charge in [0.15, 0.2) is 0 Å². The van der Waals surface area contributed by atoms with Gasteiger partial charge in [-0.3, -0.25) is 9.48 Å². The lowest BCUT2D eigenvalue weighted by Crippen LogP contribution is -2.32. The summed E-state index contributed by atoms with van der Waals surface area (Å²) in [5.74, 6) is -0.242. The van der Waals surface area contributed by atoms with E-state index in [1.54, 1.807) is 30.9 Å². The molecule has 14 heavy (non-hydrogen) atoms. The molecule has 0 saturated carbocycles. The highest BCUT2D eigenvalue weighted by Gasteiger charge is 2.11. The Morgan fingerprint density at radius 2 is 2.57 bits per heavy atom. The van der Waals surface area contributed by atoms with Gasteiger partial charge < -0.3 is 5.32 Å². The third-order valence-corrected chi connectivity index (χ3v) is 1.72. The molecule has 5 nitrogen and oxygen atoms in total. The van der Waals surface area contributed by atoms with Crippen LogP contribution in [0.5, 0.6) is 0 Å². The van der Waals surface area contributed by atoms with Crippen LogP contribution >= 0.6 is 0 Å². The summed E-state index contributed by atoms with van der Waals surface area (Å²) in [6, 6.07) is 3.48. The summed E-state index contributed by atoms with van der Waals surface area (Å²) in [5, 5.41) is 15.0. The number of hydrogen-bond donors (Lipinski definition) is 1. The van der Waals surface area contributed by atoms with E-state index in [1.807, 2.05) is 6.07 Å². The third-order valence-electron chi connectivity index (χ3n) is 1.72. The Balaban J connectivity index is 2.55. The number of nitrogens with one attached hydrogen (secondary N) is 1. The van der Waals surface area contributed by atoms with Gasteiger partial charge in [-0.05, 0) is 13.0 Å². The second-order valence-electron chi connectivity index (χ2n) is 3.11. The van der Waals surface area contributed by atoms with Crippen molar-refractivity contribution in [2.75, 3.05) is 0 Å². The lowest BCUT2D eigenvalue weighted by Gasteiger charge is -2.07. The van der Waals surface area contributed by atoms with E-state index in [9.17, 15) is 4.79 Å². The predicted octanol–water partition coefficient (Wildman–Crippen LogP) is 0.452. The van der Waals surface area contributed by atoms with E-state index in [1.165, 1.54) is 0 Å². The first-order valence-corrected chi connectivity index (χ1v) is 4.31. The fourth-order valence-corrected chi connectivity index (χ4v) is 1.02. The van der Waals surface area contributed by atoms with Crippen molar-refractivity contribution in [3.8, 4) is 6.07 Å². The van der Waals surface area contributed by atoms with Crippen LogP contribution in [0.2, 0.25) is 0 Å². The molecule has 1 amide bonds. The van der Waals surface area contributed by atoms with Crippen molar-refractivity contribution in [3.63, 3.8) is 0 Å². The maximum absolute atomic E-state index is 11.4. The lowest BCUT2D eigenvalue weighted by atomic mass is 10.2. The fraction of sp³-hybridized carbons (Fsp3) is 0.444. The Hall–Kier alpha value is -1.83. The molecule has 1 aromatic heterocycles. The minimum Gasteiger partial charge on any atom is -0.347 e. The number of nitriles is 1. The van der Waals surface area contributed by atoms with Gasteiger partial charge in [0.2, 0.25) is 0 Å². The minimum atomic E-state index is -0.242. The average Bonchev–Trinajstić information content (AvgIpc) is 2.52. The Bertz CT molecular complexity index is 363. The number of aryl methyl sites for hydroxylation is 1. The van der Waals surface area contributed by atoms with E-state index >= 15 is 0 Å². The van der Waals surface area contributed by atoms with Crippen molar-refractivity contribution in [2.24, 2.45) is 7.05 Å². The summed E-state index contributed by atoms with van der Waals surface area (Å²) in [7, 11) is 1.75. The molecule has 74 valence electrons. The van der Waals surface area contributed by atoms with Crippen molar-refractivity contribution in [2.45, 2.75) is 19.4 Å². The molecule has 1 atom stereocenters. The van der Waals surface area contributed by atoms with Gasteiger partial charge >= 0.3 is 0 Å². The van der Waals surface area contributed by atoms with Gasteiger partial charge in [-0.1, -0.05) is 0 Å². The summed E-state index contributed by atoms with van der Waals surface area (Å²) in [6.45, 7) is 1.78. The second-order valence-corrected chi connectivity index (χ2v) is 3.11. The first kappa shape index (κ1) is 10.3. The first-order chi connectivity index (χ1) is 6.63. The average molecular weight is 192 g/mol. The number of aromatic nitrogens is 2. The molecule has 5 heteroatoms. The van der Waals surface area contributed by atoms with Crippen molar-refractivity contribution in [1.82, 2.24) is 15.1 Å². The molecule has 0 aliphatic carbocycles. The van der Waals surface area contributed by atoms with Crippen LogP contribution in [0.25, 0.3) is 0 Å². The largest absolute Gasteiger partial charge is 0.347 e. The zero-order chi connectivity index (χ0) is 10.6. The van der Waals surface area contributed by atoms with Gasteiger partial charge in [0.25, 0.3) is 5.91 Å². The maximum atomic E-state index is 11.4. The van der Waals surface area contributed by atoms with Crippen LogP contribution in [0.15, 0.2) is 12.3 Å². The molecule has 0 bridgehead atoms. The highest BCUT2D eigenvalue weighted by atomic mass is 16.2. The second kappa shape index (κ2) is 4.42. The lowest BCUT2D eigenvalue weighted by molar-refractivity contribution is 0.0935. The van der Waals surface area contributed by atoms with Crippen LogP contribution in [0, 0.1) is 11.3 Å². The fourth-order valence-electron chi connectivity index (χ4n) is 1.02. The van der Waals surface area contributed by atoms with Crippen molar-refractivity contribution < 1.29 is 4.79 Å². The summed E-state index contributed by atoms with van der Waals surface area (Å²) in [5.41, 5.74) is 0.372. The van der Waals surface area contributed by atoms with Crippen LogP contribution < -0.4 is 5.32 Å². The van der Waals surface area contributed by atoms with E-state index in [2.05, 4.69) is 10.4 Å². The Morgan fingerprint density at radius 1 is 1.86 bits per heavy atom. The molecule has 0 saturated heterocycles. The van der Waals surface area contributed by atoms with E-state index in [0.717, 1.165) is 0 Å². The Labute approximate surface area is 82.3 Å². The van der Waals surface area contributed by atoms with E-state index < -0.39 is 0 Å². The van der Waals surface area contributed by atoms with Crippen molar-refractivity contribution >= 4 is 5.91 Å². The summed E-state index contributed by atoms with van der Waals surface area (Å²) >= 11 is 0. The minimum absolute atomic E-state index is 0.144. The van der Waals surface area contributed by atoms with Crippen molar-refractivity contribution in [3.05, 3.63) is 18.0 Å². The van der Waals surface area contributed by atoms with Crippen LogP contribution in [-0.4, -0.2) is 21.7 Å². The molecule has 1 aromatic rings. The van der Waals surface area contributed by atoms with Crippen LogP contribution in [0.3, 0.4) is 0 Å². The van der Waals surface area contributed by atoms with Crippen LogP contribution in [-0.2, 0) is 7.05 Å². The van der Waals surface area contributed by atoms with Gasteiger partial charge in [0.1, 0.15) is 5.69 Å². The number of amides is 1. The molecular weight excluding hydrogens is 180 g/mol. The van der Waals surface area contributed by atoms with E-state index in [4.69, 9.17) is 5.26 Å². The molecule has 0 spiro atoms. The summed E-state index contributed by atoms with van der Waals surface area (Å²) in [6.07, 6.45) is 2.00. The highest BCUT2D eigenvalue weighted by molar-refractivity contribution is 5.92. The smallest absolute Gasteiger partial charge is 0.272 e. The number of carbonyl (C=O) groups excluding carboxylic acids is 1. The monoisotopic (exact) mass is 192 g/mol. The highest BCUT2D eigenvalue weighted by Crippen LogP contribution is 1.96. The zero-order valence-corrected chi connectivity index (χ0v) is 8.19. The Morgan fingerprint density at radius 3 is 3.07 bits per heavy atom. The molecule has 0 fully saturated rings. The molecule has 0 aliphatic rings. The third kappa shape index (κ3) is 2.59. The molecular formula is C9H12N4O.